The van der Waals surface area contributed by atoms with Crippen molar-refractivity contribution in [2.45, 2.75) is 33.4 Å². The molecular formula is C18H20ClN5O. The van der Waals surface area contributed by atoms with Gasteiger partial charge in [-0.25, -0.2) is 0 Å². The molecular weight excluding hydrogens is 338 g/mol. The molecule has 1 aromatic carbocycles. The molecule has 1 N–H and O–H groups in total. The minimum absolute atomic E-state index is 0.168. The van der Waals surface area contributed by atoms with Crippen molar-refractivity contribution in [3.05, 3.63) is 64.7 Å². The van der Waals surface area contributed by atoms with E-state index in [0.717, 1.165) is 5.69 Å². The summed E-state index contributed by atoms with van der Waals surface area (Å²) in [5.74, 6) is -0.168. The summed E-state index contributed by atoms with van der Waals surface area (Å²) in [6.45, 7) is 6.34. The van der Waals surface area contributed by atoms with Crippen LogP contribution in [0.1, 0.15) is 29.8 Å². The molecule has 3 rings (SSSR count). The molecule has 0 bridgehead atoms. The number of halogens is 1. The second kappa shape index (κ2) is 7.11. The summed E-state index contributed by atoms with van der Waals surface area (Å²) in [4.78, 5) is 12.4. The molecule has 25 heavy (non-hydrogen) atoms. The van der Waals surface area contributed by atoms with Crippen molar-refractivity contribution in [2.75, 3.05) is 5.32 Å². The van der Waals surface area contributed by atoms with Crippen molar-refractivity contribution in [3.8, 4) is 0 Å². The van der Waals surface area contributed by atoms with Gasteiger partial charge in [0, 0.05) is 6.20 Å². The standard InChI is InChI=1S/C18H20ClN5O/c1-12-6-4-5-7-15(12)10-23-11-16(8-20-23)22-18(25)14(3)24-13(2)17(19)9-21-24/h4-9,11,14H,10H2,1-3H3,(H,22,25). The van der Waals surface area contributed by atoms with Crippen molar-refractivity contribution in [2.24, 2.45) is 0 Å². The zero-order chi connectivity index (χ0) is 18.0. The topological polar surface area (TPSA) is 64.7 Å². The molecule has 2 aromatic heterocycles. The third-order valence-electron chi connectivity index (χ3n) is 4.23. The Balaban J connectivity index is 1.68. The van der Waals surface area contributed by atoms with E-state index in [1.54, 1.807) is 28.7 Å². The number of carbonyl (C=O) groups excluding carboxylic acids is 1. The second-order valence-electron chi connectivity index (χ2n) is 6.04. The van der Waals surface area contributed by atoms with Crippen LogP contribution in [0.3, 0.4) is 0 Å². The van der Waals surface area contributed by atoms with Gasteiger partial charge in [-0.2, -0.15) is 10.2 Å². The molecule has 0 saturated carbocycles. The number of hydrogen-bond acceptors (Lipinski definition) is 3. The first kappa shape index (κ1) is 17.2. The number of anilines is 1. The van der Waals surface area contributed by atoms with Gasteiger partial charge < -0.3 is 5.32 Å². The minimum Gasteiger partial charge on any atom is -0.322 e. The predicted octanol–water partition coefficient (Wildman–Crippen LogP) is 3.60. The highest BCUT2D eigenvalue weighted by molar-refractivity contribution is 6.31. The fourth-order valence-electron chi connectivity index (χ4n) is 2.63. The zero-order valence-electron chi connectivity index (χ0n) is 14.4. The molecule has 2 heterocycles. The van der Waals surface area contributed by atoms with E-state index >= 15 is 0 Å². The maximum absolute atomic E-state index is 12.4. The number of nitrogens with one attached hydrogen (secondary N) is 1. The number of hydrogen-bond donors (Lipinski definition) is 1. The smallest absolute Gasteiger partial charge is 0.249 e. The summed E-state index contributed by atoms with van der Waals surface area (Å²) in [7, 11) is 0. The molecule has 1 unspecified atom stereocenters. The van der Waals surface area contributed by atoms with E-state index in [1.165, 1.54) is 11.1 Å². The van der Waals surface area contributed by atoms with Crippen molar-refractivity contribution >= 4 is 23.2 Å². The highest BCUT2D eigenvalue weighted by Crippen LogP contribution is 2.19. The molecule has 0 spiro atoms. The van der Waals surface area contributed by atoms with Crippen LogP contribution >= 0.6 is 11.6 Å². The van der Waals surface area contributed by atoms with Crippen molar-refractivity contribution < 1.29 is 4.79 Å². The lowest BCUT2D eigenvalue weighted by Crippen LogP contribution is -2.25. The van der Waals surface area contributed by atoms with Crippen LogP contribution in [0.25, 0.3) is 0 Å². The molecule has 0 saturated heterocycles. The molecule has 130 valence electrons. The lowest BCUT2D eigenvalue weighted by atomic mass is 10.1. The van der Waals surface area contributed by atoms with Crippen LogP contribution in [0.2, 0.25) is 5.02 Å². The van der Waals surface area contributed by atoms with Crippen LogP contribution in [0, 0.1) is 13.8 Å². The van der Waals surface area contributed by atoms with Gasteiger partial charge in [0.15, 0.2) is 0 Å². The minimum atomic E-state index is -0.466. The van der Waals surface area contributed by atoms with Crippen LogP contribution in [0.4, 0.5) is 5.69 Å². The molecule has 1 atom stereocenters. The van der Waals surface area contributed by atoms with Crippen LogP contribution in [-0.2, 0) is 11.3 Å². The Morgan fingerprint density at radius 3 is 2.68 bits per heavy atom. The first-order valence-corrected chi connectivity index (χ1v) is 8.41. The summed E-state index contributed by atoms with van der Waals surface area (Å²) < 4.78 is 3.41. The van der Waals surface area contributed by atoms with Gasteiger partial charge in [-0.1, -0.05) is 35.9 Å². The van der Waals surface area contributed by atoms with Crippen molar-refractivity contribution in [3.63, 3.8) is 0 Å². The van der Waals surface area contributed by atoms with Gasteiger partial charge in [0.25, 0.3) is 0 Å². The third-order valence-corrected chi connectivity index (χ3v) is 4.60. The first-order chi connectivity index (χ1) is 12.0. The largest absolute Gasteiger partial charge is 0.322 e. The maximum atomic E-state index is 12.4. The summed E-state index contributed by atoms with van der Waals surface area (Å²) in [5.41, 5.74) is 3.82. The summed E-state index contributed by atoms with van der Waals surface area (Å²) in [6.07, 6.45) is 5.01. The average molecular weight is 358 g/mol. The molecule has 7 heteroatoms. The van der Waals surface area contributed by atoms with Gasteiger partial charge in [0.2, 0.25) is 5.91 Å². The third kappa shape index (κ3) is 3.74. The Kier molecular flexibility index (Phi) is 4.90. The number of amides is 1. The Morgan fingerprint density at radius 2 is 2.00 bits per heavy atom. The summed E-state index contributed by atoms with van der Waals surface area (Å²) >= 11 is 6.00. The number of rotatable bonds is 5. The number of aromatic nitrogens is 4. The monoisotopic (exact) mass is 357 g/mol. The highest BCUT2D eigenvalue weighted by atomic mass is 35.5. The Morgan fingerprint density at radius 1 is 1.24 bits per heavy atom. The molecule has 0 fully saturated rings. The van der Waals surface area contributed by atoms with E-state index in [9.17, 15) is 4.79 Å². The molecule has 0 aliphatic carbocycles. The van der Waals surface area contributed by atoms with Crippen LogP contribution in [0.15, 0.2) is 42.9 Å². The maximum Gasteiger partial charge on any atom is 0.249 e. The molecule has 0 aliphatic rings. The lowest BCUT2D eigenvalue weighted by Gasteiger charge is -2.13. The highest BCUT2D eigenvalue weighted by Gasteiger charge is 2.19. The van der Waals surface area contributed by atoms with Crippen LogP contribution < -0.4 is 5.32 Å². The van der Waals surface area contributed by atoms with Crippen LogP contribution in [0.5, 0.6) is 0 Å². The summed E-state index contributed by atoms with van der Waals surface area (Å²) in [6, 6.07) is 7.70. The van der Waals surface area contributed by atoms with Gasteiger partial charge in [-0.15, -0.1) is 0 Å². The van der Waals surface area contributed by atoms with E-state index in [0.29, 0.717) is 17.3 Å². The number of nitrogens with zero attached hydrogens (tertiary/aromatic N) is 4. The SMILES string of the molecule is Cc1ccccc1Cn1cc(NC(=O)C(C)n2ncc(Cl)c2C)cn1. The Hall–Kier alpha value is -2.60. The van der Waals surface area contributed by atoms with E-state index < -0.39 is 6.04 Å². The molecule has 3 aromatic rings. The number of carbonyl (C=O) groups is 1. The van der Waals surface area contributed by atoms with Gasteiger partial charge in [-0.05, 0) is 31.9 Å². The van der Waals surface area contributed by atoms with Gasteiger partial charge in [0.05, 0.1) is 35.3 Å². The summed E-state index contributed by atoms with van der Waals surface area (Å²) in [5, 5.41) is 11.9. The van der Waals surface area contributed by atoms with E-state index in [2.05, 4.69) is 34.6 Å². The molecule has 1 amide bonds. The predicted molar refractivity (Wildman–Crippen MR) is 97.8 cm³/mol. The van der Waals surface area contributed by atoms with Gasteiger partial charge in [-0.3, -0.25) is 14.2 Å². The fraction of sp³-hybridized carbons (Fsp3) is 0.278. The van der Waals surface area contributed by atoms with Crippen molar-refractivity contribution in [1.82, 2.24) is 19.6 Å². The van der Waals surface area contributed by atoms with Gasteiger partial charge in [0.1, 0.15) is 6.04 Å². The molecule has 6 nitrogen and oxygen atoms in total. The normalized spacial score (nSPS) is 12.2. The number of benzene rings is 1. The zero-order valence-corrected chi connectivity index (χ0v) is 15.2. The molecule has 0 radical (unpaired) electrons. The first-order valence-electron chi connectivity index (χ1n) is 8.03. The Bertz CT molecular complexity index is 899. The van der Waals surface area contributed by atoms with E-state index in [1.807, 2.05) is 25.3 Å². The quantitative estimate of drug-likeness (QED) is 0.758. The van der Waals surface area contributed by atoms with E-state index in [4.69, 9.17) is 11.6 Å². The van der Waals surface area contributed by atoms with Crippen LogP contribution in [-0.4, -0.2) is 25.5 Å². The molecule has 0 aliphatic heterocycles. The van der Waals surface area contributed by atoms with Gasteiger partial charge >= 0.3 is 0 Å². The average Bonchev–Trinajstić information content (AvgIpc) is 3.16. The second-order valence-corrected chi connectivity index (χ2v) is 6.45. The Labute approximate surface area is 151 Å². The number of aryl methyl sites for hydroxylation is 1. The lowest BCUT2D eigenvalue weighted by molar-refractivity contribution is -0.119. The van der Waals surface area contributed by atoms with Crippen molar-refractivity contribution in [1.29, 1.82) is 0 Å². The van der Waals surface area contributed by atoms with E-state index in [-0.39, 0.29) is 5.91 Å². The fourth-order valence-corrected chi connectivity index (χ4v) is 2.76.